The fraction of sp³-hybridized carbons (Fsp3) is 0.286. The maximum absolute atomic E-state index is 5.75. The van der Waals surface area contributed by atoms with Crippen LogP contribution in [0.4, 0.5) is 0 Å². The molecule has 0 unspecified atom stereocenters. The molecule has 0 spiro atoms. The average molecular weight is 252 g/mol. The molecule has 0 aliphatic carbocycles. The van der Waals surface area contributed by atoms with E-state index in [9.17, 15) is 0 Å². The Morgan fingerprint density at radius 1 is 1.06 bits per heavy atom. The lowest BCUT2D eigenvalue weighted by molar-refractivity contribution is 0.493. The summed E-state index contributed by atoms with van der Waals surface area (Å²) in [5, 5.41) is 3.32. The molecular weight excluding hydrogens is 234 g/mol. The molecule has 2 rings (SSSR count). The number of halogens is 1. The van der Waals surface area contributed by atoms with Crippen molar-refractivity contribution in [3.63, 3.8) is 0 Å². The van der Waals surface area contributed by atoms with Crippen LogP contribution < -0.4 is 5.32 Å². The zero-order valence-corrected chi connectivity index (χ0v) is 10.8. The lowest BCUT2D eigenvalue weighted by Gasteiger charge is -1.99. The quantitative estimate of drug-likeness (QED) is 0.817. The van der Waals surface area contributed by atoms with Gasteiger partial charge in [-0.05, 0) is 25.1 Å². The fourth-order valence-corrected chi connectivity index (χ4v) is 1.62. The second-order valence-corrected chi connectivity index (χ2v) is 3.81. The fourth-order valence-electron chi connectivity index (χ4n) is 1.62. The van der Waals surface area contributed by atoms with Crippen LogP contribution in [0, 0.1) is 0 Å². The van der Waals surface area contributed by atoms with Gasteiger partial charge in [0.25, 0.3) is 0 Å². The van der Waals surface area contributed by atoms with Gasteiger partial charge >= 0.3 is 0 Å². The molecule has 0 amide bonds. The monoisotopic (exact) mass is 251 g/mol. The van der Waals surface area contributed by atoms with Crippen molar-refractivity contribution in [3.05, 3.63) is 48.2 Å². The second kappa shape index (κ2) is 7.15. The first-order valence-electron chi connectivity index (χ1n) is 5.75. The Morgan fingerprint density at radius 3 is 2.53 bits per heavy atom. The number of nitrogens with one attached hydrogen (secondary N) is 1. The van der Waals surface area contributed by atoms with Crippen molar-refractivity contribution in [2.75, 3.05) is 6.54 Å². The minimum Gasteiger partial charge on any atom is -0.460 e. The van der Waals surface area contributed by atoms with E-state index in [0.717, 1.165) is 36.6 Å². The molecule has 0 aliphatic rings. The van der Waals surface area contributed by atoms with Gasteiger partial charge in [0.05, 0.1) is 6.54 Å². The molecule has 1 heterocycles. The number of hydrogen-bond acceptors (Lipinski definition) is 2. The molecule has 0 saturated carbocycles. The van der Waals surface area contributed by atoms with Crippen LogP contribution >= 0.6 is 12.4 Å². The molecule has 1 N–H and O–H groups in total. The van der Waals surface area contributed by atoms with Gasteiger partial charge in [0.1, 0.15) is 11.5 Å². The molecule has 1 aromatic carbocycles. The highest BCUT2D eigenvalue weighted by Gasteiger charge is 2.03. The first-order chi connectivity index (χ1) is 7.90. The van der Waals surface area contributed by atoms with E-state index in [2.05, 4.69) is 24.4 Å². The van der Waals surface area contributed by atoms with E-state index < -0.39 is 0 Å². The van der Waals surface area contributed by atoms with Crippen LogP contribution in [0.2, 0.25) is 0 Å². The highest BCUT2D eigenvalue weighted by molar-refractivity contribution is 5.85. The van der Waals surface area contributed by atoms with Crippen LogP contribution in [-0.2, 0) is 6.54 Å². The van der Waals surface area contributed by atoms with Crippen molar-refractivity contribution in [1.29, 1.82) is 0 Å². The number of benzene rings is 1. The molecule has 1 aromatic heterocycles. The summed E-state index contributed by atoms with van der Waals surface area (Å²) in [6.45, 7) is 3.99. The van der Waals surface area contributed by atoms with Crippen LogP contribution in [-0.4, -0.2) is 6.54 Å². The largest absolute Gasteiger partial charge is 0.460 e. The predicted molar refractivity (Wildman–Crippen MR) is 73.4 cm³/mol. The molecule has 0 saturated heterocycles. The van der Waals surface area contributed by atoms with Gasteiger partial charge in [-0.3, -0.25) is 0 Å². The molecule has 0 fully saturated rings. The van der Waals surface area contributed by atoms with E-state index in [1.165, 1.54) is 0 Å². The van der Waals surface area contributed by atoms with E-state index >= 15 is 0 Å². The van der Waals surface area contributed by atoms with Crippen molar-refractivity contribution in [3.8, 4) is 11.3 Å². The number of rotatable bonds is 5. The first-order valence-corrected chi connectivity index (χ1v) is 5.75. The van der Waals surface area contributed by atoms with E-state index in [1.807, 2.05) is 30.3 Å². The van der Waals surface area contributed by atoms with Gasteiger partial charge in [0.2, 0.25) is 0 Å². The Balaban J connectivity index is 0.00000144. The Hall–Kier alpha value is -1.25. The van der Waals surface area contributed by atoms with Crippen LogP contribution in [0.15, 0.2) is 46.9 Å². The van der Waals surface area contributed by atoms with E-state index in [-0.39, 0.29) is 12.4 Å². The Bertz CT molecular complexity index is 425. The SMILES string of the molecule is CCCNCc1ccc(-c2ccccc2)o1.Cl. The Morgan fingerprint density at radius 2 is 1.82 bits per heavy atom. The molecule has 0 atom stereocenters. The van der Waals surface area contributed by atoms with Gasteiger partial charge in [-0.25, -0.2) is 0 Å². The summed E-state index contributed by atoms with van der Waals surface area (Å²) < 4.78 is 5.75. The highest BCUT2D eigenvalue weighted by atomic mass is 35.5. The van der Waals surface area contributed by atoms with E-state index in [4.69, 9.17) is 4.42 Å². The van der Waals surface area contributed by atoms with Crippen molar-refractivity contribution < 1.29 is 4.42 Å². The molecule has 3 heteroatoms. The molecule has 0 aliphatic heterocycles. The summed E-state index contributed by atoms with van der Waals surface area (Å²) in [4.78, 5) is 0. The number of furan rings is 1. The maximum atomic E-state index is 5.75. The van der Waals surface area contributed by atoms with Crippen molar-refractivity contribution in [1.82, 2.24) is 5.32 Å². The third kappa shape index (κ3) is 3.91. The zero-order valence-electron chi connectivity index (χ0n) is 9.98. The normalized spacial score (nSPS) is 9.94. The van der Waals surface area contributed by atoms with Gasteiger partial charge < -0.3 is 9.73 Å². The molecule has 2 aromatic rings. The standard InChI is InChI=1S/C14H17NO.ClH/c1-2-10-15-11-13-8-9-14(16-13)12-6-4-3-5-7-12;/h3-9,15H,2,10-11H2,1H3;1H. The van der Waals surface area contributed by atoms with Crippen LogP contribution in [0.3, 0.4) is 0 Å². The third-order valence-corrected chi connectivity index (χ3v) is 2.45. The first kappa shape index (κ1) is 13.8. The van der Waals surface area contributed by atoms with E-state index in [0.29, 0.717) is 0 Å². The average Bonchev–Trinajstić information content (AvgIpc) is 2.79. The van der Waals surface area contributed by atoms with Crippen LogP contribution in [0.25, 0.3) is 11.3 Å². The van der Waals surface area contributed by atoms with Gasteiger partial charge in [0.15, 0.2) is 0 Å². The molecule has 2 nitrogen and oxygen atoms in total. The van der Waals surface area contributed by atoms with E-state index in [1.54, 1.807) is 0 Å². The predicted octanol–water partition coefficient (Wildman–Crippen LogP) is 3.87. The van der Waals surface area contributed by atoms with Crippen LogP contribution in [0.1, 0.15) is 19.1 Å². The van der Waals surface area contributed by atoms with Crippen molar-refractivity contribution >= 4 is 12.4 Å². The summed E-state index contributed by atoms with van der Waals surface area (Å²) in [7, 11) is 0. The molecule has 0 bridgehead atoms. The highest BCUT2D eigenvalue weighted by Crippen LogP contribution is 2.21. The molecule has 17 heavy (non-hydrogen) atoms. The summed E-state index contributed by atoms with van der Waals surface area (Å²) in [5.41, 5.74) is 1.13. The molecule has 92 valence electrons. The zero-order chi connectivity index (χ0) is 11.2. The maximum Gasteiger partial charge on any atom is 0.134 e. The van der Waals surface area contributed by atoms with Gasteiger partial charge in [-0.2, -0.15) is 0 Å². The summed E-state index contributed by atoms with van der Waals surface area (Å²) in [5.74, 6) is 1.93. The molecule has 0 radical (unpaired) electrons. The summed E-state index contributed by atoms with van der Waals surface area (Å²) in [6.07, 6.45) is 1.15. The van der Waals surface area contributed by atoms with Crippen molar-refractivity contribution in [2.24, 2.45) is 0 Å². The van der Waals surface area contributed by atoms with Gasteiger partial charge in [-0.15, -0.1) is 12.4 Å². The smallest absolute Gasteiger partial charge is 0.134 e. The Labute approximate surface area is 108 Å². The molecular formula is C14H18ClNO. The van der Waals surface area contributed by atoms with Crippen LogP contribution in [0.5, 0.6) is 0 Å². The topological polar surface area (TPSA) is 25.2 Å². The van der Waals surface area contributed by atoms with Crippen molar-refractivity contribution in [2.45, 2.75) is 19.9 Å². The summed E-state index contributed by atoms with van der Waals surface area (Å²) in [6, 6.07) is 14.2. The third-order valence-electron chi connectivity index (χ3n) is 2.45. The minimum atomic E-state index is 0. The minimum absolute atomic E-state index is 0. The summed E-state index contributed by atoms with van der Waals surface area (Å²) >= 11 is 0. The Kier molecular flexibility index (Phi) is 5.81. The lowest BCUT2D eigenvalue weighted by Crippen LogP contribution is -2.12. The van der Waals surface area contributed by atoms with Gasteiger partial charge in [0, 0.05) is 5.56 Å². The van der Waals surface area contributed by atoms with Gasteiger partial charge in [-0.1, -0.05) is 37.3 Å². The number of hydrogen-bond donors (Lipinski definition) is 1. The second-order valence-electron chi connectivity index (χ2n) is 3.81. The lowest BCUT2D eigenvalue weighted by atomic mass is 10.2.